The number of fused-ring (bicyclic) bond motifs is 1. The molecule has 4 aromatic rings. The van der Waals surface area contributed by atoms with Crippen LogP contribution in [0, 0.1) is 6.92 Å². The minimum atomic E-state index is -0.336. The second kappa shape index (κ2) is 7.00. The van der Waals surface area contributed by atoms with Gasteiger partial charge in [0, 0.05) is 34.2 Å². The van der Waals surface area contributed by atoms with Gasteiger partial charge in [-0.05, 0) is 31.2 Å². The number of benzene rings is 1. The van der Waals surface area contributed by atoms with Crippen LogP contribution in [0.5, 0.6) is 0 Å². The molecule has 1 aromatic carbocycles. The van der Waals surface area contributed by atoms with E-state index in [1.165, 1.54) is 6.33 Å². The minimum absolute atomic E-state index is 0.336. The predicted molar refractivity (Wildman–Crippen MR) is 109 cm³/mol. The van der Waals surface area contributed by atoms with Gasteiger partial charge in [0.15, 0.2) is 0 Å². The van der Waals surface area contributed by atoms with Crippen LogP contribution in [-0.4, -0.2) is 21.0 Å². The Morgan fingerprint density at radius 2 is 1.85 bits per heavy atom. The molecule has 134 valence electrons. The Bertz CT molecular complexity index is 1130. The third-order valence-electron chi connectivity index (χ3n) is 4.04. The Morgan fingerprint density at radius 3 is 2.67 bits per heavy atom. The minimum Gasteiger partial charge on any atom is -0.397 e. The Balaban J connectivity index is 1.63. The van der Waals surface area contributed by atoms with Gasteiger partial charge >= 0.3 is 6.03 Å². The third-order valence-corrected chi connectivity index (χ3v) is 5.07. The standard InChI is InChI=1S/C19H16N6OS/c1-11-16(20)15-17(22-10-23-18(15)27-11)12-3-2-4-14(9-12)25-19(26)24-13-5-7-21-8-6-13/h2-10H,20H2,1H3,(H2,21,24,25,26). The van der Waals surface area contributed by atoms with Gasteiger partial charge in [-0.3, -0.25) is 4.98 Å². The second-order valence-corrected chi connectivity index (χ2v) is 7.07. The number of amides is 2. The molecule has 0 aliphatic heterocycles. The first-order valence-corrected chi connectivity index (χ1v) is 9.01. The fraction of sp³-hybridized carbons (Fsp3) is 0.0526. The first kappa shape index (κ1) is 16.9. The third kappa shape index (κ3) is 3.42. The van der Waals surface area contributed by atoms with Gasteiger partial charge < -0.3 is 16.4 Å². The Labute approximate surface area is 159 Å². The summed E-state index contributed by atoms with van der Waals surface area (Å²) in [5.41, 5.74) is 9.84. The molecule has 0 spiro atoms. The van der Waals surface area contributed by atoms with E-state index in [0.717, 1.165) is 26.4 Å². The number of anilines is 3. The van der Waals surface area contributed by atoms with Crippen LogP contribution in [0.25, 0.3) is 21.5 Å². The van der Waals surface area contributed by atoms with Crippen molar-refractivity contribution >= 4 is 44.6 Å². The molecular formula is C19H16N6OS. The molecule has 0 fully saturated rings. The number of thiophene rings is 1. The molecule has 4 N–H and O–H groups in total. The summed E-state index contributed by atoms with van der Waals surface area (Å²) in [6, 6.07) is 10.6. The van der Waals surface area contributed by atoms with E-state index in [0.29, 0.717) is 17.1 Å². The molecule has 0 radical (unpaired) electrons. The zero-order chi connectivity index (χ0) is 18.8. The number of aromatic nitrogens is 3. The van der Waals surface area contributed by atoms with Crippen LogP contribution in [0.4, 0.5) is 21.9 Å². The Hall–Kier alpha value is -3.52. The van der Waals surface area contributed by atoms with E-state index in [-0.39, 0.29) is 6.03 Å². The zero-order valence-electron chi connectivity index (χ0n) is 14.4. The summed E-state index contributed by atoms with van der Waals surface area (Å²) in [4.78, 5) is 26.7. The van der Waals surface area contributed by atoms with Crippen LogP contribution in [0.1, 0.15) is 4.88 Å². The summed E-state index contributed by atoms with van der Waals surface area (Å²) in [5.74, 6) is 0. The van der Waals surface area contributed by atoms with E-state index < -0.39 is 0 Å². The second-order valence-electron chi connectivity index (χ2n) is 5.87. The highest BCUT2D eigenvalue weighted by molar-refractivity contribution is 7.19. The number of nitrogens with two attached hydrogens (primary N) is 1. The SMILES string of the molecule is Cc1sc2ncnc(-c3cccc(NC(=O)Nc4ccncc4)c3)c2c1N. The number of pyridine rings is 1. The molecule has 0 atom stereocenters. The lowest BCUT2D eigenvalue weighted by Crippen LogP contribution is -2.19. The van der Waals surface area contributed by atoms with Crippen molar-refractivity contribution in [2.24, 2.45) is 0 Å². The van der Waals surface area contributed by atoms with Crippen LogP contribution >= 0.6 is 11.3 Å². The first-order valence-electron chi connectivity index (χ1n) is 8.20. The lowest BCUT2D eigenvalue weighted by molar-refractivity contribution is 0.262. The van der Waals surface area contributed by atoms with E-state index in [9.17, 15) is 4.79 Å². The molecule has 0 unspecified atom stereocenters. The number of aryl methyl sites for hydroxylation is 1. The maximum atomic E-state index is 12.2. The summed E-state index contributed by atoms with van der Waals surface area (Å²) in [7, 11) is 0. The van der Waals surface area contributed by atoms with Crippen molar-refractivity contribution in [3.05, 3.63) is 60.0 Å². The molecule has 7 nitrogen and oxygen atoms in total. The predicted octanol–water partition coefficient (Wildman–Crippen LogP) is 4.29. The number of nitrogens with zero attached hydrogens (tertiary/aromatic N) is 3. The van der Waals surface area contributed by atoms with E-state index in [1.807, 2.05) is 31.2 Å². The van der Waals surface area contributed by atoms with Crippen molar-refractivity contribution in [2.45, 2.75) is 6.92 Å². The van der Waals surface area contributed by atoms with Crippen LogP contribution in [-0.2, 0) is 0 Å². The summed E-state index contributed by atoms with van der Waals surface area (Å²) >= 11 is 1.54. The van der Waals surface area contributed by atoms with Gasteiger partial charge in [-0.15, -0.1) is 11.3 Å². The number of rotatable bonds is 3. The van der Waals surface area contributed by atoms with Crippen molar-refractivity contribution < 1.29 is 4.79 Å². The highest BCUT2D eigenvalue weighted by atomic mass is 32.1. The van der Waals surface area contributed by atoms with Crippen molar-refractivity contribution in [3.8, 4) is 11.3 Å². The summed E-state index contributed by atoms with van der Waals surface area (Å²) < 4.78 is 0. The van der Waals surface area contributed by atoms with Gasteiger partial charge in [0.2, 0.25) is 0 Å². The van der Waals surface area contributed by atoms with Gasteiger partial charge in [-0.2, -0.15) is 0 Å². The fourth-order valence-electron chi connectivity index (χ4n) is 2.76. The number of hydrogen-bond donors (Lipinski definition) is 3. The molecule has 3 aromatic heterocycles. The van der Waals surface area contributed by atoms with Gasteiger partial charge in [-0.25, -0.2) is 14.8 Å². The number of nitrogen functional groups attached to an aromatic ring is 1. The molecule has 0 saturated heterocycles. The molecule has 0 aliphatic rings. The van der Waals surface area contributed by atoms with E-state index in [2.05, 4.69) is 25.6 Å². The number of carbonyl (C=O) groups is 1. The zero-order valence-corrected chi connectivity index (χ0v) is 15.2. The molecule has 0 aliphatic carbocycles. The van der Waals surface area contributed by atoms with Gasteiger partial charge in [0.05, 0.1) is 16.8 Å². The van der Waals surface area contributed by atoms with Crippen LogP contribution < -0.4 is 16.4 Å². The Morgan fingerprint density at radius 1 is 1.07 bits per heavy atom. The van der Waals surface area contributed by atoms with Crippen molar-refractivity contribution in [3.63, 3.8) is 0 Å². The fourth-order valence-corrected chi connectivity index (χ4v) is 3.67. The molecule has 0 saturated carbocycles. The summed E-state index contributed by atoms with van der Waals surface area (Å²) in [5, 5.41) is 6.43. The lowest BCUT2D eigenvalue weighted by atomic mass is 10.1. The molecule has 8 heteroatoms. The van der Waals surface area contributed by atoms with Crippen LogP contribution in [0.15, 0.2) is 55.1 Å². The Kier molecular flexibility index (Phi) is 4.39. The maximum Gasteiger partial charge on any atom is 0.323 e. The molecule has 27 heavy (non-hydrogen) atoms. The topological polar surface area (TPSA) is 106 Å². The van der Waals surface area contributed by atoms with E-state index in [1.54, 1.807) is 35.9 Å². The summed E-state index contributed by atoms with van der Waals surface area (Å²) in [6.45, 7) is 1.97. The average Bonchev–Trinajstić information content (AvgIpc) is 2.97. The smallest absolute Gasteiger partial charge is 0.323 e. The molecule has 0 bridgehead atoms. The van der Waals surface area contributed by atoms with Crippen LogP contribution in [0.3, 0.4) is 0 Å². The van der Waals surface area contributed by atoms with Crippen molar-refractivity contribution in [1.29, 1.82) is 0 Å². The number of urea groups is 1. The van der Waals surface area contributed by atoms with Gasteiger partial charge in [0.1, 0.15) is 11.2 Å². The first-order chi connectivity index (χ1) is 13.1. The van der Waals surface area contributed by atoms with E-state index in [4.69, 9.17) is 5.73 Å². The normalized spacial score (nSPS) is 10.7. The number of carbonyl (C=O) groups excluding carboxylic acids is 1. The van der Waals surface area contributed by atoms with Crippen molar-refractivity contribution in [2.75, 3.05) is 16.4 Å². The molecule has 2 amide bonds. The largest absolute Gasteiger partial charge is 0.397 e. The highest BCUT2D eigenvalue weighted by Crippen LogP contribution is 2.37. The van der Waals surface area contributed by atoms with Crippen molar-refractivity contribution in [1.82, 2.24) is 15.0 Å². The lowest BCUT2D eigenvalue weighted by Gasteiger charge is -2.09. The molecule has 4 rings (SSSR count). The van der Waals surface area contributed by atoms with Gasteiger partial charge in [-0.1, -0.05) is 12.1 Å². The van der Waals surface area contributed by atoms with Gasteiger partial charge in [0.25, 0.3) is 0 Å². The monoisotopic (exact) mass is 376 g/mol. The average molecular weight is 376 g/mol. The highest BCUT2D eigenvalue weighted by Gasteiger charge is 2.14. The molecular weight excluding hydrogens is 360 g/mol. The van der Waals surface area contributed by atoms with Crippen LogP contribution in [0.2, 0.25) is 0 Å². The number of hydrogen-bond acceptors (Lipinski definition) is 6. The van der Waals surface area contributed by atoms with E-state index >= 15 is 0 Å². The summed E-state index contributed by atoms with van der Waals surface area (Å²) in [6.07, 6.45) is 4.76. The number of nitrogens with one attached hydrogen (secondary N) is 2. The maximum absolute atomic E-state index is 12.2. The molecule has 3 heterocycles. The quantitative estimate of drug-likeness (QED) is 0.495.